The third kappa shape index (κ3) is 8.70. The molecule has 1 aliphatic heterocycles. The van der Waals surface area contributed by atoms with E-state index in [0.717, 1.165) is 53.8 Å². The lowest BCUT2D eigenvalue weighted by Crippen LogP contribution is -2.49. The number of carboxylic acid groups (broad SMARTS) is 1. The Balaban J connectivity index is 1.59. The number of anilines is 1. The number of unbranched alkanes of at least 4 members (excludes halogenated alkanes) is 3. The number of amides is 1. The number of carbonyl (C=O) groups excluding carboxylic acids is 1. The SMILES string of the molecule is CN(C)c1ccc2c(c1)[Si](C)(C)C1=CC(=[N+](C)C)C=CC1=C2c1cc(C(=O)NCCOCCOCCCCCCCl)ccc1C(=O)O. The van der Waals surface area contributed by atoms with Crippen LogP contribution in [0.3, 0.4) is 0 Å². The van der Waals surface area contributed by atoms with Crippen LogP contribution < -0.4 is 15.4 Å². The van der Waals surface area contributed by atoms with Gasteiger partial charge in [0.25, 0.3) is 5.91 Å². The number of nitrogens with zero attached hydrogens (tertiary/aromatic N) is 2. The second kappa shape index (κ2) is 16.5. The summed E-state index contributed by atoms with van der Waals surface area (Å²) in [6, 6.07) is 11.3. The topological polar surface area (TPSA) is 91.1 Å². The van der Waals surface area contributed by atoms with E-state index in [1.54, 1.807) is 18.2 Å². The lowest BCUT2D eigenvalue weighted by Gasteiger charge is -2.38. The zero-order valence-electron chi connectivity index (χ0n) is 28.6. The monoisotopic (exact) mass is 678 g/mol. The number of hydrogen-bond acceptors (Lipinski definition) is 5. The number of ether oxygens (including phenoxy) is 2. The third-order valence-corrected chi connectivity index (χ3v) is 12.6. The van der Waals surface area contributed by atoms with Crippen molar-refractivity contribution in [1.29, 1.82) is 0 Å². The van der Waals surface area contributed by atoms with Gasteiger partial charge in [-0.3, -0.25) is 4.79 Å². The first-order valence-corrected chi connectivity index (χ1v) is 19.9. The van der Waals surface area contributed by atoms with Gasteiger partial charge in [-0.25, -0.2) is 9.37 Å². The van der Waals surface area contributed by atoms with Crippen molar-refractivity contribution in [2.75, 3.05) is 71.9 Å². The molecule has 1 heterocycles. The van der Waals surface area contributed by atoms with Crippen LogP contribution in [0.5, 0.6) is 0 Å². The largest absolute Gasteiger partial charge is 0.478 e. The van der Waals surface area contributed by atoms with E-state index in [4.69, 9.17) is 21.1 Å². The summed E-state index contributed by atoms with van der Waals surface area (Å²) < 4.78 is 13.3. The number of benzene rings is 2. The Morgan fingerprint density at radius 1 is 0.915 bits per heavy atom. The molecule has 8 nitrogen and oxygen atoms in total. The molecule has 0 fully saturated rings. The number of nitrogens with one attached hydrogen (secondary N) is 1. The van der Waals surface area contributed by atoms with Crippen LogP contribution in [0.2, 0.25) is 13.1 Å². The molecule has 0 atom stereocenters. The van der Waals surface area contributed by atoms with E-state index in [-0.39, 0.29) is 11.5 Å². The molecule has 47 heavy (non-hydrogen) atoms. The zero-order valence-corrected chi connectivity index (χ0v) is 30.4. The summed E-state index contributed by atoms with van der Waals surface area (Å²) in [6.07, 6.45) is 10.7. The van der Waals surface area contributed by atoms with Crippen LogP contribution in [0.15, 0.2) is 65.4 Å². The highest BCUT2D eigenvalue weighted by molar-refractivity contribution is 6.98. The van der Waals surface area contributed by atoms with Gasteiger partial charge in [0, 0.05) is 56.5 Å². The standard InChI is InChI=1S/C37H48ClN3O5Si/c1-40(2)27-12-15-30-33(24-27)47(5,6)34-25-28(41(3)4)13-16-31(34)35(30)32-23-26(11-14-29(32)37(43)44)36(42)39-18-20-46-22-21-45-19-10-8-7-9-17-38/h11-16,23-25H,7-10,17-22H2,1-6H3,(H-,39,42,43,44)/p+1. The van der Waals surface area contributed by atoms with Crippen molar-refractivity contribution in [2.24, 2.45) is 0 Å². The van der Waals surface area contributed by atoms with Gasteiger partial charge >= 0.3 is 5.97 Å². The minimum atomic E-state index is -2.21. The fraction of sp³-hybridized carbons (Fsp3) is 0.432. The van der Waals surface area contributed by atoms with E-state index in [1.165, 1.54) is 10.4 Å². The van der Waals surface area contributed by atoms with Crippen LogP contribution in [-0.2, 0) is 9.47 Å². The third-order valence-electron chi connectivity index (χ3n) is 8.78. The second-order valence-electron chi connectivity index (χ2n) is 12.9. The Morgan fingerprint density at radius 3 is 2.32 bits per heavy atom. The number of allylic oxidation sites excluding steroid dienone is 5. The molecule has 0 radical (unpaired) electrons. The molecule has 0 aromatic heterocycles. The number of halogens is 1. The van der Waals surface area contributed by atoms with Crippen molar-refractivity contribution in [2.45, 2.75) is 38.8 Å². The fourth-order valence-corrected chi connectivity index (χ4v) is 9.32. The predicted molar refractivity (Wildman–Crippen MR) is 195 cm³/mol. The first kappa shape index (κ1) is 36.3. The van der Waals surface area contributed by atoms with Crippen LogP contribution in [-0.4, -0.2) is 102 Å². The summed E-state index contributed by atoms with van der Waals surface area (Å²) in [7, 11) is 5.89. The molecule has 0 spiro atoms. The Labute approximate surface area is 285 Å². The molecule has 0 saturated carbocycles. The molecule has 2 aliphatic rings. The molecule has 2 N–H and O–H groups in total. The van der Waals surface area contributed by atoms with Crippen molar-refractivity contribution in [3.05, 3.63) is 87.6 Å². The number of hydrogen-bond donors (Lipinski definition) is 2. The van der Waals surface area contributed by atoms with Gasteiger partial charge in [-0.1, -0.05) is 32.0 Å². The van der Waals surface area contributed by atoms with Gasteiger partial charge < -0.3 is 24.8 Å². The molecule has 2 aromatic carbocycles. The number of rotatable bonds is 16. The first-order valence-electron chi connectivity index (χ1n) is 16.4. The predicted octanol–water partition coefficient (Wildman–Crippen LogP) is 5.49. The number of fused-ring (bicyclic) bond motifs is 2. The van der Waals surface area contributed by atoms with Gasteiger partial charge in [0.05, 0.1) is 25.4 Å². The lowest BCUT2D eigenvalue weighted by molar-refractivity contribution is -0.462. The van der Waals surface area contributed by atoms with Crippen molar-refractivity contribution in [1.82, 2.24) is 5.32 Å². The number of aromatic carboxylic acids is 1. The maximum atomic E-state index is 13.3. The molecule has 2 aromatic rings. The average molecular weight is 679 g/mol. The Hall–Kier alpha value is -3.50. The molecule has 0 bridgehead atoms. The van der Waals surface area contributed by atoms with Crippen LogP contribution in [0.4, 0.5) is 5.69 Å². The lowest BCUT2D eigenvalue weighted by atomic mass is 9.86. The van der Waals surface area contributed by atoms with Gasteiger partial charge in [0.15, 0.2) is 5.71 Å². The van der Waals surface area contributed by atoms with Crippen molar-refractivity contribution >= 4 is 53.7 Å². The van der Waals surface area contributed by atoms with Crippen LogP contribution in [0, 0.1) is 0 Å². The Bertz CT molecular complexity index is 1600. The van der Waals surface area contributed by atoms with Crippen LogP contribution >= 0.6 is 11.6 Å². The maximum Gasteiger partial charge on any atom is 0.336 e. The number of carboxylic acids is 1. The molecule has 252 valence electrons. The maximum absolute atomic E-state index is 13.3. The molecule has 0 saturated heterocycles. The van der Waals surface area contributed by atoms with Gasteiger partial charge in [-0.15, -0.1) is 11.6 Å². The van der Waals surface area contributed by atoms with E-state index in [2.05, 4.69) is 64.3 Å². The summed E-state index contributed by atoms with van der Waals surface area (Å²) in [5.41, 5.74) is 6.14. The van der Waals surface area contributed by atoms with E-state index in [1.807, 2.05) is 28.2 Å². The summed E-state index contributed by atoms with van der Waals surface area (Å²) in [5, 5.41) is 15.7. The van der Waals surface area contributed by atoms with E-state index < -0.39 is 14.0 Å². The highest BCUT2D eigenvalue weighted by Crippen LogP contribution is 2.43. The average Bonchev–Trinajstić information content (AvgIpc) is 3.04. The van der Waals surface area contributed by atoms with Crippen LogP contribution in [0.1, 0.15) is 57.5 Å². The van der Waals surface area contributed by atoms with E-state index in [0.29, 0.717) is 50.0 Å². The highest BCUT2D eigenvalue weighted by atomic mass is 35.5. The normalized spacial score (nSPS) is 14.8. The quantitative estimate of drug-likeness (QED) is 0.106. The highest BCUT2D eigenvalue weighted by Gasteiger charge is 2.41. The van der Waals surface area contributed by atoms with Gasteiger partial charge in [-0.05, 0) is 81.9 Å². The minimum Gasteiger partial charge on any atom is -0.478 e. The molecule has 1 amide bonds. The zero-order chi connectivity index (χ0) is 34.1. The fourth-order valence-electron chi connectivity index (χ4n) is 6.06. The molecule has 1 aliphatic carbocycles. The first-order chi connectivity index (χ1) is 22.5. The summed E-state index contributed by atoms with van der Waals surface area (Å²) in [6.45, 7) is 7.05. The summed E-state index contributed by atoms with van der Waals surface area (Å²) in [4.78, 5) is 28.0. The van der Waals surface area contributed by atoms with Gasteiger partial charge in [-0.2, -0.15) is 0 Å². The summed E-state index contributed by atoms with van der Waals surface area (Å²) >= 11 is 5.70. The van der Waals surface area contributed by atoms with Gasteiger partial charge in [0.1, 0.15) is 22.2 Å². The second-order valence-corrected chi connectivity index (χ2v) is 17.6. The van der Waals surface area contributed by atoms with E-state index >= 15 is 0 Å². The molecule has 4 rings (SSSR count). The number of alkyl halides is 1. The number of carbonyl (C=O) groups is 2. The molecule has 10 heteroatoms. The summed E-state index contributed by atoms with van der Waals surface area (Å²) in [5.74, 6) is -0.610. The van der Waals surface area contributed by atoms with Gasteiger partial charge in [0.2, 0.25) is 0 Å². The van der Waals surface area contributed by atoms with E-state index in [9.17, 15) is 14.7 Å². The molecule has 0 unspecified atom stereocenters. The van der Waals surface area contributed by atoms with Crippen molar-refractivity contribution < 1.29 is 28.7 Å². The van der Waals surface area contributed by atoms with Crippen molar-refractivity contribution in [3.8, 4) is 0 Å². The Kier molecular flexibility index (Phi) is 12.8. The smallest absolute Gasteiger partial charge is 0.336 e. The van der Waals surface area contributed by atoms with Crippen molar-refractivity contribution in [3.63, 3.8) is 0 Å². The molecular formula is C37H49ClN3O5Si+. The Morgan fingerprint density at radius 2 is 1.64 bits per heavy atom. The van der Waals surface area contributed by atoms with Crippen LogP contribution in [0.25, 0.3) is 5.57 Å². The molecular weight excluding hydrogens is 630 g/mol. The minimum absolute atomic E-state index is 0.158.